The molecule has 0 fully saturated rings. The maximum Gasteiger partial charge on any atom is 0.0844 e. The SMILES string of the molecule is FC=CCn1cccc1. The summed E-state index contributed by atoms with van der Waals surface area (Å²) in [4.78, 5) is 0. The van der Waals surface area contributed by atoms with Crippen LogP contribution in [0.5, 0.6) is 0 Å². The van der Waals surface area contributed by atoms with Crippen LogP contribution >= 0.6 is 0 Å². The Morgan fingerprint density at radius 3 is 2.56 bits per heavy atom. The monoisotopic (exact) mass is 125 g/mol. The van der Waals surface area contributed by atoms with Crippen LogP contribution in [0, 0.1) is 0 Å². The van der Waals surface area contributed by atoms with Crippen molar-refractivity contribution in [2.45, 2.75) is 6.54 Å². The Morgan fingerprint density at radius 2 is 2.00 bits per heavy atom. The van der Waals surface area contributed by atoms with E-state index in [1.54, 1.807) is 0 Å². The summed E-state index contributed by atoms with van der Waals surface area (Å²) in [7, 11) is 0. The van der Waals surface area contributed by atoms with Crippen LogP contribution in [-0.4, -0.2) is 4.57 Å². The smallest absolute Gasteiger partial charge is 0.0844 e. The van der Waals surface area contributed by atoms with E-state index in [2.05, 4.69) is 0 Å². The zero-order valence-corrected chi connectivity index (χ0v) is 5.00. The number of halogens is 1. The first-order valence-corrected chi connectivity index (χ1v) is 2.79. The highest BCUT2D eigenvalue weighted by Crippen LogP contribution is 1.89. The van der Waals surface area contributed by atoms with Gasteiger partial charge in [-0.2, -0.15) is 0 Å². The molecule has 0 N–H and O–H groups in total. The second-order valence-corrected chi connectivity index (χ2v) is 1.74. The highest BCUT2D eigenvalue weighted by Gasteiger charge is 1.79. The number of nitrogens with zero attached hydrogens (tertiary/aromatic N) is 1. The highest BCUT2D eigenvalue weighted by molar-refractivity contribution is 4.92. The van der Waals surface area contributed by atoms with Crippen LogP contribution in [0.25, 0.3) is 0 Å². The lowest BCUT2D eigenvalue weighted by atomic mass is 10.6. The first-order chi connectivity index (χ1) is 4.43. The van der Waals surface area contributed by atoms with Crippen molar-refractivity contribution >= 4 is 0 Å². The first kappa shape index (κ1) is 6.08. The predicted octanol–water partition coefficient (Wildman–Crippen LogP) is 1.97. The predicted molar refractivity (Wildman–Crippen MR) is 34.7 cm³/mol. The second kappa shape index (κ2) is 3.07. The van der Waals surface area contributed by atoms with Gasteiger partial charge in [0.05, 0.1) is 6.33 Å². The van der Waals surface area contributed by atoms with Crippen molar-refractivity contribution in [1.29, 1.82) is 0 Å². The number of aromatic nitrogens is 1. The molecule has 0 atom stereocenters. The van der Waals surface area contributed by atoms with E-state index in [1.807, 2.05) is 29.1 Å². The van der Waals surface area contributed by atoms with Gasteiger partial charge in [0.2, 0.25) is 0 Å². The molecule has 0 amide bonds. The Balaban J connectivity index is 2.48. The zero-order chi connectivity index (χ0) is 6.53. The molecule has 9 heavy (non-hydrogen) atoms. The van der Waals surface area contributed by atoms with Crippen LogP contribution in [0.2, 0.25) is 0 Å². The minimum Gasteiger partial charge on any atom is -0.350 e. The molecule has 0 saturated carbocycles. The highest BCUT2D eigenvalue weighted by atomic mass is 19.1. The van der Waals surface area contributed by atoms with Crippen molar-refractivity contribution in [2.24, 2.45) is 0 Å². The molecule has 0 radical (unpaired) electrons. The van der Waals surface area contributed by atoms with Gasteiger partial charge < -0.3 is 4.57 Å². The molecule has 0 aliphatic rings. The van der Waals surface area contributed by atoms with Crippen LogP contribution in [-0.2, 0) is 6.54 Å². The molecule has 0 bridgehead atoms. The molecule has 2 heteroatoms. The van der Waals surface area contributed by atoms with E-state index in [1.165, 1.54) is 6.08 Å². The first-order valence-electron chi connectivity index (χ1n) is 2.79. The summed E-state index contributed by atoms with van der Waals surface area (Å²) in [5, 5.41) is 0. The van der Waals surface area contributed by atoms with Crippen molar-refractivity contribution in [3.8, 4) is 0 Å². The van der Waals surface area contributed by atoms with E-state index in [0.717, 1.165) is 0 Å². The van der Waals surface area contributed by atoms with Crippen molar-refractivity contribution in [3.63, 3.8) is 0 Å². The summed E-state index contributed by atoms with van der Waals surface area (Å²) in [5.41, 5.74) is 0. The van der Waals surface area contributed by atoms with Gasteiger partial charge in [-0.3, -0.25) is 0 Å². The fourth-order valence-corrected chi connectivity index (χ4v) is 0.653. The maximum absolute atomic E-state index is 11.4. The molecule has 0 unspecified atom stereocenters. The van der Waals surface area contributed by atoms with Crippen LogP contribution in [0.4, 0.5) is 4.39 Å². The third-order valence-electron chi connectivity index (χ3n) is 1.07. The van der Waals surface area contributed by atoms with Gasteiger partial charge in [0.1, 0.15) is 0 Å². The lowest BCUT2D eigenvalue weighted by Crippen LogP contribution is -1.87. The Kier molecular flexibility index (Phi) is 2.07. The number of rotatable bonds is 2. The third-order valence-corrected chi connectivity index (χ3v) is 1.07. The van der Waals surface area contributed by atoms with E-state index in [4.69, 9.17) is 0 Å². The molecule has 48 valence electrons. The molecular weight excluding hydrogens is 117 g/mol. The van der Waals surface area contributed by atoms with Gasteiger partial charge in [-0.25, -0.2) is 4.39 Å². The topological polar surface area (TPSA) is 4.93 Å². The summed E-state index contributed by atoms with van der Waals surface area (Å²) in [6, 6.07) is 3.82. The molecule has 1 heterocycles. The Labute approximate surface area is 53.4 Å². The molecule has 0 aromatic carbocycles. The molecule has 0 saturated heterocycles. The molecular formula is C7H8FN. The fraction of sp³-hybridized carbons (Fsp3) is 0.143. The number of allylic oxidation sites excluding steroid dienone is 1. The molecule has 1 nitrogen and oxygen atoms in total. The van der Waals surface area contributed by atoms with Crippen LogP contribution in [0.15, 0.2) is 36.9 Å². The standard InChI is InChI=1S/C7H8FN/c8-4-3-7-9-5-1-2-6-9/h1-6H,7H2. The summed E-state index contributed by atoms with van der Waals surface area (Å²) in [6.07, 6.45) is 5.79. The molecule has 1 aromatic rings. The van der Waals surface area contributed by atoms with Crippen LogP contribution in [0.3, 0.4) is 0 Å². The van der Waals surface area contributed by atoms with Gasteiger partial charge >= 0.3 is 0 Å². The van der Waals surface area contributed by atoms with Crippen molar-refractivity contribution in [2.75, 3.05) is 0 Å². The summed E-state index contributed by atoms with van der Waals surface area (Å²) < 4.78 is 13.3. The van der Waals surface area contributed by atoms with Gasteiger partial charge in [-0.05, 0) is 18.2 Å². The van der Waals surface area contributed by atoms with Gasteiger partial charge in [0, 0.05) is 18.9 Å². The largest absolute Gasteiger partial charge is 0.350 e. The maximum atomic E-state index is 11.4. The van der Waals surface area contributed by atoms with Gasteiger partial charge in [0.15, 0.2) is 0 Å². The molecule has 0 aliphatic carbocycles. The van der Waals surface area contributed by atoms with Crippen LogP contribution in [0.1, 0.15) is 0 Å². The molecule has 1 aromatic heterocycles. The molecule has 0 spiro atoms. The summed E-state index contributed by atoms with van der Waals surface area (Å²) >= 11 is 0. The lowest BCUT2D eigenvalue weighted by Gasteiger charge is -1.91. The van der Waals surface area contributed by atoms with E-state index in [9.17, 15) is 4.39 Å². The summed E-state index contributed by atoms with van der Waals surface area (Å²) in [5.74, 6) is 0. The van der Waals surface area contributed by atoms with Gasteiger partial charge in [0.25, 0.3) is 0 Å². The van der Waals surface area contributed by atoms with Crippen molar-refractivity contribution < 1.29 is 4.39 Å². The minimum atomic E-state index is 0.556. The third kappa shape index (κ3) is 1.72. The number of hydrogen-bond donors (Lipinski definition) is 0. The van der Waals surface area contributed by atoms with E-state index in [-0.39, 0.29) is 0 Å². The summed E-state index contributed by atoms with van der Waals surface area (Å²) in [6.45, 7) is 0.615. The van der Waals surface area contributed by atoms with Gasteiger partial charge in [-0.1, -0.05) is 0 Å². The molecule has 0 aliphatic heterocycles. The minimum absolute atomic E-state index is 0.556. The Morgan fingerprint density at radius 1 is 1.33 bits per heavy atom. The Bertz CT molecular complexity index is 177. The Hall–Kier alpha value is -1.05. The van der Waals surface area contributed by atoms with Gasteiger partial charge in [-0.15, -0.1) is 0 Å². The second-order valence-electron chi connectivity index (χ2n) is 1.74. The van der Waals surface area contributed by atoms with E-state index in [0.29, 0.717) is 12.9 Å². The lowest BCUT2D eigenvalue weighted by molar-refractivity contribution is 0.703. The van der Waals surface area contributed by atoms with Crippen LogP contribution < -0.4 is 0 Å². The average Bonchev–Trinajstić information content (AvgIpc) is 2.34. The zero-order valence-electron chi connectivity index (χ0n) is 5.00. The normalized spacial score (nSPS) is 10.8. The fourth-order valence-electron chi connectivity index (χ4n) is 0.653. The quantitative estimate of drug-likeness (QED) is 0.569. The van der Waals surface area contributed by atoms with E-state index < -0.39 is 0 Å². The number of hydrogen-bond acceptors (Lipinski definition) is 0. The van der Waals surface area contributed by atoms with E-state index >= 15 is 0 Å². The van der Waals surface area contributed by atoms with Crippen molar-refractivity contribution in [1.82, 2.24) is 4.57 Å². The average molecular weight is 125 g/mol. The van der Waals surface area contributed by atoms with Crippen molar-refractivity contribution in [3.05, 3.63) is 36.9 Å². The molecule has 1 rings (SSSR count).